The first-order valence-corrected chi connectivity index (χ1v) is 7.33. The molecule has 128 valence electrons. The molecule has 1 amide bonds. The SMILES string of the molecule is COC1CCCC(CNC(=O)n2cc(F)c(=O)[nH]c2=O)C1OC. The van der Waals surface area contributed by atoms with Gasteiger partial charge in [0.15, 0.2) is 0 Å². The average Bonchev–Trinajstić information content (AvgIpc) is 2.55. The monoisotopic (exact) mass is 329 g/mol. The number of rotatable bonds is 4. The highest BCUT2D eigenvalue weighted by Crippen LogP contribution is 2.28. The number of amides is 1. The zero-order chi connectivity index (χ0) is 17.0. The number of nitrogens with one attached hydrogen (secondary N) is 2. The van der Waals surface area contributed by atoms with Crippen molar-refractivity contribution in [1.82, 2.24) is 14.9 Å². The topological polar surface area (TPSA) is 102 Å². The number of aromatic nitrogens is 2. The van der Waals surface area contributed by atoms with Crippen LogP contribution in [0.1, 0.15) is 19.3 Å². The van der Waals surface area contributed by atoms with Crippen LogP contribution >= 0.6 is 0 Å². The lowest BCUT2D eigenvalue weighted by Gasteiger charge is -2.36. The summed E-state index contributed by atoms with van der Waals surface area (Å²) in [4.78, 5) is 36.2. The number of carbonyl (C=O) groups is 1. The van der Waals surface area contributed by atoms with Crippen molar-refractivity contribution in [3.63, 3.8) is 0 Å². The van der Waals surface area contributed by atoms with Crippen LogP contribution in [0.4, 0.5) is 9.18 Å². The summed E-state index contributed by atoms with van der Waals surface area (Å²) in [6, 6.07) is -0.806. The number of methoxy groups -OCH3 is 2. The minimum atomic E-state index is -1.20. The number of halogens is 1. The third kappa shape index (κ3) is 3.85. The Morgan fingerprint density at radius 2 is 2.13 bits per heavy atom. The van der Waals surface area contributed by atoms with Crippen LogP contribution in [0.25, 0.3) is 0 Å². The normalized spacial score (nSPS) is 24.4. The minimum absolute atomic E-state index is 0.0194. The average molecular weight is 329 g/mol. The van der Waals surface area contributed by atoms with Crippen LogP contribution in [0.15, 0.2) is 15.8 Å². The summed E-state index contributed by atoms with van der Waals surface area (Å²) in [6.45, 7) is 0.254. The van der Waals surface area contributed by atoms with Crippen molar-refractivity contribution in [2.45, 2.75) is 31.5 Å². The fraction of sp³-hybridized carbons (Fsp3) is 0.643. The number of nitrogens with zero attached hydrogens (tertiary/aromatic N) is 1. The zero-order valence-corrected chi connectivity index (χ0v) is 13.0. The fourth-order valence-corrected chi connectivity index (χ4v) is 2.93. The molecular weight excluding hydrogens is 309 g/mol. The quantitative estimate of drug-likeness (QED) is 0.813. The lowest BCUT2D eigenvalue weighted by atomic mass is 9.84. The van der Waals surface area contributed by atoms with Crippen molar-refractivity contribution in [2.24, 2.45) is 5.92 Å². The van der Waals surface area contributed by atoms with Crippen LogP contribution in [0, 0.1) is 11.7 Å². The highest BCUT2D eigenvalue weighted by molar-refractivity contribution is 5.76. The molecule has 1 saturated carbocycles. The van der Waals surface area contributed by atoms with E-state index in [4.69, 9.17) is 9.47 Å². The lowest BCUT2D eigenvalue weighted by molar-refractivity contribution is -0.0856. The third-order valence-electron chi connectivity index (χ3n) is 4.10. The van der Waals surface area contributed by atoms with E-state index in [9.17, 15) is 18.8 Å². The van der Waals surface area contributed by atoms with E-state index in [1.165, 1.54) is 0 Å². The number of hydrogen-bond donors (Lipinski definition) is 2. The molecule has 1 aromatic heterocycles. The molecule has 23 heavy (non-hydrogen) atoms. The van der Waals surface area contributed by atoms with E-state index in [1.807, 2.05) is 0 Å². The molecule has 1 fully saturated rings. The van der Waals surface area contributed by atoms with Gasteiger partial charge in [0.25, 0.3) is 5.56 Å². The Morgan fingerprint density at radius 3 is 2.78 bits per heavy atom. The van der Waals surface area contributed by atoms with Crippen molar-refractivity contribution in [3.8, 4) is 0 Å². The molecule has 1 aliphatic carbocycles. The van der Waals surface area contributed by atoms with Gasteiger partial charge in [0.05, 0.1) is 18.4 Å². The maximum absolute atomic E-state index is 13.2. The van der Waals surface area contributed by atoms with Gasteiger partial charge in [-0.25, -0.2) is 14.2 Å². The third-order valence-corrected chi connectivity index (χ3v) is 4.10. The second-order valence-electron chi connectivity index (χ2n) is 5.46. The van der Waals surface area contributed by atoms with E-state index in [0.717, 1.165) is 19.3 Å². The molecule has 0 radical (unpaired) electrons. The molecule has 0 saturated heterocycles. The Bertz CT molecular complexity index is 671. The number of H-pyrrole nitrogens is 1. The highest BCUT2D eigenvalue weighted by Gasteiger charge is 2.33. The summed E-state index contributed by atoms with van der Waals surface area (Å²) in [7, 11) is 3.19. The number of carbonyl (C=O) groups excluding carboxylic acids is 1. The van der Waals surface area contributed by atoms with Crippen LogP contribution < -0.4 is 16.6 Å². The van der Waals surface area contributed by atoms with Gasteiger partial charge in [-0.3, -0.25) is 9.78 Å². The van der Waals surface area contributed by atoms with Crippen molar-refractivity contribution in [2.75, 3.05) is 20.8 Å². The maximum atomic E-state index is 13.2. The van der Waals surface area contributed by atoms with Crippen LogP contribution in [-0.2, 0) is 9.47 Å². The van der Waals surface area contributed by atoms with Gasteiger partial charge in [-0.1, -0.05) is 6.42 Å². The standard InChI is InChI=1S/C14H20FN3O5/c1-22-10-5-3-4-8(11(10)23-2)6-16-13(20)18-7-9(15)12(19)17-14(18)21/h7-8,10-11H,3-6H2,1-2H3,(H,16,20)(H,17,19,21). The summed E-state index contributed by atoms with van der Waals surface area (Å²) < 4.78 is 24.5. The maximum Gasteiger partial charge on any atom is 0.336 e. The van der Waals surface area contributed by atoms with Crippen LogP contribution in [-0.4, -0.2) is 48.6 Å². The summed E-state index contributed by atoms with van der Waals surface area (Å²) in [5.74, 6) is -1.18. The van der Waals surface area contributed by atoms with Gasteiger partial charge < -0.3 is 14.8 Å². The van der Waals surface area contributed by atoms with Crippen LogP contribution in [0.2, 0.25) is 0 Å². The molecule has 0 spiro atoms. The van der Waals surface area contributed by atoms with Crippen LogP contribution in [0.3, 0.4) is 0 Å². The molecule has 1 aliphatic rings. The van der Waals surface area contributed by atoms with Crippen molar-refractivity contribution in [1.29, 1.82) is 0 Å². The largest absolute Gasteiger partial charge is 0.379 e. The van der Waals surface area contributed by atoms with Gasteiger partial charge in [-0.15, -0.1) is 0 Å². The lowest BCUT2D eigenvalue weighted by Crippen LogP contribution is -2.47. The van der Waals surface area contributed by atoms with Crippen LogP contribution in [0.5, 0.6) is 0 Å². The van der Waals surface area contributed by atoms with Gasteiger partial charge in [-0.05, 0) is 12.8 Å². The van der Waals surface area contributed by atoms with Crippen molar-refractivity contribution in [3.05, 3.63) is 32.9 Å². The van der Waals surface area contributed by atoms with Gasteiger partial charge in [0, 0.05) is 26.7 Å². The molecule has 3 atom stereocenters. The first-order chi connectivity index (χ1) is 11.0. The zero-order valence-electron chi connectivity index (χ0n) is 13.0. The van der Waals surface area contributed by atoms with E-state index >= 15 is 0 Å². The Kier molecular flexibility index (Phi) is 5.67. The Hall–Kier alpha value is -2.00. The summed E-state index contributed by atoms with van der Waals surface area (Å²) in [5.41, 5.74) is -2.15. The molecule has 0 aliphatic heterocycles. The molecule has 1 aromatic rings. The summed E-state index contributed by atoms with van der Waals surface area (Å²) in [6.07, 6.45) is 3.01. The molecule has 1 heterocycles. The van der Waals surface area contributed by atoms with Gasteiger partial charge in [-0.2, -0.15) is 4.39 Å². The Labute approximate surface area is 131 Å². The number of aromatic amines is 1. The number of ether oxygens (including phenoxy) is 2. The molecule has 3 unspecified atom stereocenters. The first kappa shape index (κ1) is 17.4. The Morgan fingerprint density at radius 1 is 1.39 bits per heavy atom. The highest BCUT2D eigenvalue weighted by atomic mass is 19.1. The van der Waals surface area contributed by atoms with Crippen molar-refractivity contribution < 1.29 is 18.7 Å². The summed E-state index contributed by atoms with van der Waals surface area (Å²) >= 11 is 0. The van der Waals surface area contributed by atoms with Gasteiger partial charge in [0.2, 0.25) is 5.82 Å². The van der Waals surface area contributed by atoms with E-state index in [2.05, 4.69) is 5.32 Å². The number of hydrogen-bond acceptors (Lipinski definition) is 5. The predicted molar refractivity (Wildman–Crippen MR) is 79.0 cm³/mol. The first-order valence-electron chi connectivity index (χ1n) is 7.33. The van der Waals surface area contributed by atoms with E-state index in [1.54, 1.807) is 19.2 Å². The molecule has 2 rings (SSSR count). The van der Waals surface area contributed by atoms with Crippen molar-refractivity contribution >= 4 is 6.03 Å². The molecule has 0 aromatic carbocycles. The van der Waals surface area contributed by atoms with E-state index in [-0.39, 0.29) is 24.7 Å². The molecule has 2 N–H and O–H groups in total. The second kappa shape index (κ2) is 7.51. The fourth-order valence-electron chi connectivity index (χ4n) is 2.93. The summed E-state index contributed by atoms with van der Waals surface area (Å²) in [5, 5.41) is 2.56. The minimum Gasteiger partial charge on any atom is -0.379 e. The smallest absolute Gasteiger partial charge is 0.336 e. The predicted octanol–water partition coefficient (Wildman–Crippen LogP) is 0.0635. The molecule has 9 heteroatoms. The Balaban J connectivity index is 2.05. The van der Waals surface area contributed by atoms with Gasteiger partial charge >= 0.3 is 11.7 Å². The van der Waals surface area contributed by atoms with E-state index < -0.39 is 23.1 Å². The second-order valence-corrected chi connectivity index (χ2v) is 5.46. The molecular formula is C14H20FN3O5. The van der Waals surface area contributed by atoms with Gasteiger partial charge in [0.1, 0.15) is 0 Å². The molecule has 0 bridgehead atoms. The molecule has 8 nitrogen and oxygen atoms in total. The van der Waals surface area contributed by atoms with E-state index in [0.29, 0.717) is 10.8 Å².